The van der Waals surface area contributed by atoms with Crippen molar-refractivity contribution in [2.45, 2.75) is 57.0 Å². The van der Waals surface area contributed by atoms with Gasteiger partial charge in [-0.2, -0.15) is 0 Å². The number of ether oxygens (including phenoxy) is 2. The minimum Gasteiger partial charge on any atom is -0.458 e. The van der Waals surface area contributed by atoms with E-state index in [1.54, 1.807) is 0 Å². The maximum atomic E-state index is 11.7. The predicted octanol–water partition coefficient (Wildman–Crippen LogP) is 1.73. The van der Waals surface area contributed by atoms with Crippen LogP contribution >= 0.6 is 0 Å². The van der Waals surface area contributed by atoms with Crippen molar-refractivity contribution in [3.05, 3.63) is 23.8 Å². The van der Waals surface area contributed by atoms with Gasteiger partial charge in [-0.25, -0.2) is 4.79 Å². The van der Waals surface area contributed by atoms with Crippen LogP contribution in [-0.4, -0.2) is 35.0 Å². The van der Waals surface area contributed by atoms with Gasteiger partial charge in [0.05, 0.1) is 17.6 Å². The summed E-state index contributed by atoms with van der Waals surface area (Å²) >= 11 is 0. The van der Waals surface area contributed by atoms with E-state index in [4.69, 9.17) is 9.47 Å². The number of hydrogen-bond acceptors (Lipinski definition) is 4. The molecule has 19 heavy (non-hydrogen) atoms. The molecule has 3 aliphatic rings. The first kappa shape index (κ1) is 12.9. The molecule has 2 aliphatic heterocycles. The summed E-state index contributed by atoms with van der Waals surface area (Å²) < 4.78 is 11.0. The Morgan fingerprint density at radius 3 is 3.00 bits per heavy atom. The lowest BCUT2D eigenvalue weighted by Crippen LogP contribution is -2.36. The predicted molar refractivity (Wildman–Crippen MR) is 69.4 cm³/mol. The van der Waals surface area contributed by atoms with Crippen LogP contribution in [0.15, 0.2) is 23.8 Å². The molecular weight excluding hydrogens is 244 g/mol. The SMILES string of the molecule is C=C1C(=O)O[C@H]2C/C(C)=C\CC[C@@]3(C)O[C@@H]3[C@@H](O)[C@H]12. The van der Waals surface area contributed by atoms with Crippen LogP contribution < -0.4 is 0 Å². The molecular formula is C15H20O4. The van der Waals surface area contributed by atoms with E-state index in [0.29, 0.717) is 12.0 Å². The molecule has 0 amide bonds. The van der Waals surface area contributed by atoms with E-state index in [2.05, 4.69) is 12.7 Å². The lowest BCUT2D eigenvalue weighted by molar-refractivity contribution is -0.139. The average Bonchev–Trinajstić information content (AvgIpc) is 2.92. The van der Waals surface area contributed by atoms with Gasteiger partial charge < -0.3 is 14.6 Å². The van der Waals surface area contributed by atoms with E-state index in [1.807, 2.05) is 13.8 Å². The highest BCUT2D eigenvalue weighted by Crippen LogP contribution is 2.48. The van der Waals surface area contributed by atoms with Crippen LogP contribution in [0.4, 0.5) is 0 Å². The standard InChI is InChI=1S/C15H20O4/c1-8-5-4-6-15(3)13(19-15)12(16)11-9(2)14(17)18-10(11)7-8/h5,10-13,16H,2,4,6-7H2,1,3H3/b8-5-/t10-,11+,12-,13+,15+/m0/s1. The highest BCUT2D eigenvalue weighted by atomic mass is 16.6. The number of aliphatic hydroxyl groups excluding tert-OH is 1. The second-order valence-corrected chi connectivity index (χ2v) is 6.13. The van der Waals surface area contributed by atoms with Gasteiger partial charge in [0.25, 0.3) is 0 Å². The van der Waals surface area contributed by atoms with Crippen molar-refractivity contribution in [1.82, 2.24) is 0 Å². The third-order valence-corrected chi connectivity index (χ3v) is 4.60. The molecule has 0 spiro atoms. The molecule has 0 saturated carbocycles. The number of rotatable bonds is 0. The highest BCUT2D eigenvalue weighted by molar-refractivity contribution is 5.91. The maximum absolute atomic E-state index is 11.7. The minimum absolute atomic E-state index is 0.210. The Labute approximate surface area is 113 Å². The topological polar surface area (TPSA) is 59.1 Å². The number of allylic oxidation sites excluding steroid dienone is 1. The second kappa shape index (κ2) is 4.18. The molecule has 0 bridgehead atoms. The summed E-state index contributed by atoms with van der Waals surface area (Å²) in [6, 6.07) is 0. The van der Waals surface area contributed by atoms with E-state index >= 15 is 0 Å². The summed E-state index contributed by atoms with van der Waals surface area (Å²) in [5.41, 5.74) is 1.29. The van der Waals surface area contributed by atoms with Crippen LogP contribution in [0.25, 0.3) is 0 Å². The number of carbonyl (C=O) groups excluding carboxylic acids is 1. The fraction of sp³-hybridized carbons (Fsp3) is 0.667. The van der Waals surface area contributed by atoms with Crippen LogP contribution in [0.5, 0.6) is 0 Å². The third kappa shape index (κ3) is 2.03. The van der Waals surface area contributed by atoms with Crippen molar-refractivity contribution in [2.75, 3.05) is 0 Å². The van der Waals surface area contributed by atoms with Gasteiger partial charge in [-0.3, -0.25) is 0 Å². The molecule has 3 rings (SSSR count). The first-order valence-corrected chi connectivity index (χ1v) is 6.84. The van der Waals surface area contributed by atoms with Gasteiger partial charge in [-0.15, -0.1) is 0 Å². The molecule has 4 nitrogen and oxygen atoms in total. The van der Waals surface area contributed by atoms with Gasteiger partial charge in [-0.05, 0) is 26.7 Å². The quantitative estimate of drug-likeness (QED) is 0.313. The van der Waals surface area contributed by atoms with Crippen LogP contribution in [0.3, 0.4) is 0 Å². The Morgan fingerprint density at radius 2 is 2.26 bits per heavy atom. The zero-order valence-corrected chi connectivity index (χ0v) is 11.4. The number of carbonyl (C=O) groups is 1. The van der Waals surface area contributed by atoms with Crippen LogP contribution in [0, 0.1) is 5.92 Å². The second-order valence-electron chi connectivity index (χ2n) is 6.13. The highest BCUT2D eigenvalue weighted by Gasteiger charge is 2.60. The van der Waals surface area contributed by atoms with E-state index in [9.17, 15) is 9.90 Å². The van der Waals surface area contributed by atoms with Crippen LogP contribution in [0.1, 0.15) is 33.1 Å². The average molecular weight is 264 g/mol. The first-order valence-electron chi connectivity index (χ1n) is 6.84. The zero-order valence-electron chi connectivity index (χ0n) is 11.4. The molecule has 5 atom stereocenters. The van der Waals surface area contributed by atoms with Crippen LogP contribution in [-0.2, 0) is 14.3 Å². The molecule has 2 heterocycles. The number of fused-ring (bicyclic) bond motifs is 2. The smallest absolute Gasteiger partial charge is 0.334 e. The largest absolute Gasteiger partial charge is 0.458 e. The van der Waals surface area contributed by atoms with E-state index in [0.717, 1.165) is 12.8 Å². The van der Waals surface area contributed by atoms with Gasteiger partial charge >= 0.3 is 5.97 Å². The molecule has 2 fully saturated rings. The zero-order chi connectivity index (χ0) is 13.8. The van der Waals surface area contributed by atoms with Crippen molar-refractivity contribution < 1.29 is 19.4 Å². The van der Waals surface area contributed by atoms with Crippen molar-refractivity contribution in [2.24, 2.45) is 5.92 Å². The Balaban J connectivity index is 1.92. The molecule has 0 aromatic carbocycles. The molecule has 0 aromatic heterocycles. The molecule has 104 valence electrons. The van der Waals surface area contributed by atoms with Crippen molar-refractivity contribution in [1.29, 1.82) is 0 Å². The van der Waals surface area contributed by atoms with Gasteiger partial charge in [0.15, 0.2) is 0 Å². The molecule has 2 saturated heterocycles. The maximum Gasteiger partial charge on any atom is 0.334 e. The fourth-order valence-electron chi connectivity index (χ4n) is 3.32. The number of aliphatic hydroxyl groups is 1. The van der Waals surface area contributed by atoms with E-state index < -0.39 is 6.10 Å². The Kier molecular flexibility index (Phi) is 2.84. The van der Waals surface area contributed by atoms with Crippen molar-refractivity contribution in [3.63, 3.8) is 0 Å². The Hall–Kier alpha value is -1.13. The molecule has 1 aliphatic carbocycles. The summed E-state index contributed by atoms with van der Waals surface area (Å²) in [5, 5.41) is 10.5. The summed E-state index contributed by atoms with van der Waals surface area (Å²) in [6.07, 6.45) is 3.43. The Bertz CT molecular complexity index is 467. The summed E-state index contributed by atoms with van der Waals surface area (Å²) in [4.78, 5) is 11.7. The molecule has 1 N–H and O–H groups in total. The molecule has 4 heteroatoms. The number of hydrogen-bond donors (Lipinski definition) is 1. The van der Waals surface area contributed by atoms with E-state index in [1.165, 1.54) is 5.57 Å². The summed E-state index contributed by atoms with van der Waals surface area (Å²) in [7, 11) is 0. The number of epoxide rings is 1. The monoisotopic (exact) mass is 264 g/mol. The third-order valence-electron chi connectivity index (χ3n) is 4.60. The van der Waals surface area contributed by atoms with Crippen LogP contribution in [0.2, 0.25) is 0 Å². The lowest BCUT2D eigenvalue weighted by Gasteiger charge is -2.24. The first-order chi connectivity index (χ1) is 8.92. The van der Waals surface area contributed by atoms with Crippen molar-refractivity contribution >= 4 is 5.97 Å². The number of esters is 1. The molecule has 0 unspecified atom stereocenters. The summed E-state index contributed by atoms with van der Waals surface area (Å²) in [6.45, 7) is 7.84. The van der Waals surface area contributed by atoms with Gasteiger partial charge in [0.2, 0.25) is 0 Å². The minimum atomic E-state index is -0.708. The van der Waals surface area contributed by atoms with Gasteiger partial charge in [0, 0.05) is 12.0 Å². The molecule has 0 aromatic rings. The normalized spacial score (nSPS) is 48.7. The lowest BCUT2D eigenvalue weighted by atomic mass is 9.82. The van der Waals surface area contributed by atoms with Crippen molar-refractivity contribution in [3.8, 4) is 0 Å². The fourth-order valence-corrected chi connectivity index (χ4v) is 3.32. The molecule has 0 radical (unpaired) electrons. The summed E-state index contributed by atoms with van der Waals surface area (Å²) in [5.74, 6) is -0.732. The Morgan fingerprint density at radius 1 is 1.53 bits per heavy atom. The van der Waals surface area contributed by atoms with E-state index in [-0.39, 0.29) is 29.7 Å². The van der Waals surface area contributed by atoms with Gasteiger partial charge in [-0.1, -0.05) is 18.2 Å². The van der Waals surface area contributed by atoms with Gasteiger partial charge in [0.1, 0.15) is 12.2 Å².